The van der Waals surface area contributed by atoms with Crippen LogP contribution in [0.1, 0.15) is 68.1 Å². The number of likely N-dealkylation sites (tertiary alicyclic amines) is 1. The van der Waals surface area contributed by atoms with E-state index in [1.807, 2.05) is 23.5 Å². The smallest absolute Gasteiger partial charge is 0.351 e. The van der Waals surface area contributed by atoms with E-state index in [1.165, 1.54) is 21.3 Å². The van der Waals surface area contributed by atoms with Crippen molar-refractivity contribution in [1.29, 1.82) is 5.26 Å². The highest BCUT2D eigenvalue weighted by molar-refractivity contribution is 7.82. The highest BCUT2D eigenvalue weighted by Crippen LogP contribution is 2.34. The number of nitrogens with zero attached hydrogens (tertiary/aromatic N) is 10. The number of aromatic nitrogens is 6. The van der Waals surface area contributed by atoms with Gasteiger partial charge in [0.25, 0.3) is 0 Å². The van der Waals surface area contributed by atoms with Gasteiger partial charge in [-0.15, -0.1) is 0 Å². The Morgan fingerprint density at radius 1 is 1.03 bits per heavy atom. The molecular weight excluding hydrogens is 798 g/mol. The van der Waals surface area contributed by atoms with Crippen LogP contribution in [-0.4, -0.2) is 106 Å². The van der Waals surface area contributed by atoms with Crippen molar-refractivity contribution >= 4 is 56.6 Å². The van der Waals surface area contributed by atoms with E-state index in [-0.39, 0.29) is 30.8 Å². The number of aryl methyl sites for hydroxylation is 2. The number of carbonyl (C=O) groups is 2. The molecule has 3 amide bonds. The van der Waals surface area contributed by atoms with Gasteiger partial charge in [-0.25, -0.2) is 23.0 Å². The molecule has 3 aliphatic rings. The summed E-state index contributed by atoms with van der Waals surface area (Å²) in [7, 11) is 0.449. The average molecular weight is 845 g/mol. The van der Waals surface area contributed by atoms with Gasteiger partial charge in [0.1, 0.15) is 11.0 Å². The molecule has 5 aromatic rings. The number of imide groups is 1. The van der Waals surface area contributed by atoms with Crippen molar-refractivity contribution < 1.29 is 27.0 Å². The molecule has 0 aliphatic carbocycles. The maximum atomic E-state index is 13.8. The summed E-state index contributed by atoms with van der Waals surface area (Å²) in [6.45, 7) is 6.03. The number of fused-ring (bicyclic) bond motifs is 2. The van der Waals surface area contributed by atoms with Gasteiger partial charge < -0.3 is 10.2 Å². The molecule has 19 heteroatoms. The number of nitrogens with one attached hydrogen (secondary N) is 2. The lowest BCUT2D eigenvalue weighted by atomic mass is 9.88. The molecule has 3 aromatic heterocycles. The number of nitriles is 1. The number of benzene rings is 2. The maximum Gasteiger partial charge on any atom is 0.390 e. The molecule has 0 saturated carbocycles. The van der Waals surface area contributed by atoms with E-state index in [1.54, 1.807) is 23.0 Å². The zero-order valence-corrected chi connectivity index (χ0v) is 34.3. The van der Waals surface area contributed by atoms with E-state index >= 15 is 0 Å². The molecule has 2 N–H and O–H groups in total. The summed E-state index contributed by atoms with van der Waals surface area (Å²) in [5.74, 6) is 1.24. The van der Waals surface area contributed by atoms with Gasteiger partial charge in [-0.2, -0.15) is 33.6 Å². The van der Waals surface area contributed by atoms with Gasteiger partial charge in [-0.05, 0) is 98.5 Å². The zero-order chi connectivity index (χ0) is 42.1. The van der Waals surface area contributed by atoms with Gasteiger partial charge >= 0.3 is 12.2 Å². The number of piperidine rings is 2. The Balaban J connectivity index is 0.829. The van der Waals surface area contributed by atoms with Crippen molar-refractivity contribution in [3.05, 3.63) is 65.5 Å². The number of rotatable bonds is 12. The van der Waals surface area contributed by atoms with Crippen molar-refractivity contribution in [2.75, 3.05) is 49.5 Å². The van der Waals surface area contributed by atoms with Gasteiger partial charge in [0, 0.05) is 57.3 Å². The molecule has 3 aliphatic heterocycles. The fourth-order valence-corrected chi connectivity index (χ4v) is 9.86. The average Bonchev–Trinajstić information content (AvgIpc) is 3.79. The van der Waals surface area contributed by atoms with Crippen molar-refractivity contribution in [2.24, 2.45) is 13.0 Å². The normalized spacial score (nSPS) is 18.8. The first-order valence-electron chi connectivity index (χ1n) is 20.3. The van der Waals surface area contributed by atoms with E-state index in [9.17, 15) is 32.2 Å². The largest absolute Gasteiger partial charge is 0.390 e. The van der Waals surface area contributed by atoms with Crippen LogP contribution in [0.2, 0.25) is 0 Å². The summed E-state index contributed by atoms with van der Waals surface area (Å²) < 4.78 is 57.2. The lowest BCUT2D eigenvalue weighted by Gasteiger charge is -2.34. The first-order chi connectivity index (χ1) is 28.8. The number of carbonyl (C=O) groups excluding carboxylic acids is 2. The quantitative estimate of drug-likeness (QED) is 0.160. The molecule has 3 saturated heterocycles. The predicted octanol–water partition coefficient (Wildman–Crippen LogP) is 5.64. The molecule has 8 rings (SSSR count). The SMILES string of the molecule is CC(Cc1cc(S(=O)N2CCC(Nc3ncc4cnn(CCC(F)(F)F)c4n3)CC2)ccc1C#N)CN1CCC(c2ccc3c(N4CCC(=O)NC4=O)nn(C)c3c2)CC1. The molecule has 0 spiro atoms. The van der Waals surface area contributed by atoms with Crippen molar-refractivity contribution in [1.82, 2.24) is 44.1 Å². The number of anilines is 2. The van der Waals surface area contributed by atoms with E-state index < -0.39 is 29.6 Å². The minimum Gasteiger partial charge on any atom is -0.351 e. The Morgan fingerprint density at radius 2 is 1.82 bits per heavy atom. The van der Waals surface area contributed by atoms with Crippen LogP contribution < -0.4 is 15.5 Å². The lowest BCUT2D eigenvalue weighted by molar-refractivity contribution is -0.137. The van der Waals surface area contributed by atoms with Crippen LogP contribution in [0.15, 0.2) is 53.7 Å². The fourth-order valence-electron chi connectivity index (χ4n) is 8.59. The van der Waals surface area contributed by atoms with Gasteiger partial charge in [0.05, 0.1) is 46.6 Å². The van der Waals surface area contributed by atoms with Gasteiger partial charge in [0.15, 0.2) is 11.5 Å². The van der Waals surface area contributed by atoms with Crippen molar-refractivity contribution in [3.8, 4) is 6.07 Å². The molecule has 15 nitrogen and oxygen atoms in total. The minimum atomic E-state index is -4.30. The van der Waals surface area contributed by atoms with Crippen LogP contribution in [0.4, 0.5) is 29.7 Å². The molecule has 2 aromatic carbocycles. The summed E-state index contributed by atoms with van der Waals surface area (Å²) >= 11 is 0. The third kappa shape index (κ3) is 9.15. The zero-order valence-electron chi connectivity index (χ0n) is 33.5. The molecule has 3 fully saturated rings. The van der Waals surface area contributed by atoms with Gasteiger partial charge in [-0.1, -0.05) is 13.0 Å². The fraction of sp³-hybridized carbons (Fsp3) is 0.488. The van der Waals surface area contributed by atoms with Gasteiger partial charge in [-0.3, -0.25) is 19.7 Å². The third-order valence-electron chi connectivity index (χ3n) is 11.8. The summed E-state index contributed by atoms with van der Waals surface area (Å²) in [5, 5.41) is 25.7. The molecule has 0 radical (unpaired) electrons. The monoisotopic (exact) mass is 844 g/mol. The summed E-state index contributed by atoms with van der Waals surface area (Å²) in [4.78, 5) is 37.6. The predicted molar refractivity (Wildman–Crippen MR) is 219 cm³/mol. The highest BCUT2D eigenvalue weighted by Gasteiger charge is 2.30. The van der Waals surface area contributed by atoms with Gasteiger partial charge in [0.2, 0.25) is 11.9 Å². The molecule has 60 heavy (non-hydrogen) atoms. The molecule has 316 valence electrons. The van der Waals surface area contributed by atoms with Crippen LogP contribution in [-0.2, 0) is 35.8 Å². The summed E-state index contributed by atoms with van der Waals surface area (Å²) in [5.41, 5.74) is 4.00. The van der Waals surface area contributed by atoms with E-state index in [2.05, 4.69) is 60.8 Å². The summed E-state index contributed by atoms with van der Waals surface area (Å²) in [6, 6.07) is 13.7. The second-order valence-electron chi connectivity index (χ2n) is 16.1. The first-order valence-corrected chi connectivity index (χ1v) is 21.4. The molecular formula is C41H47F3N12O3S. The number of hydrogen-bond donors (Lipinski definition) is 2. The molecule has 2 unspecified atom stereocenters. The van der Waals surface area contributed by atoms with Crippen LogP contribution in [0.5, 0.6) is 0 Å². The number of hydrogen-bond acceptors (Lipinski definition) is 10. The van der Waals surface area contributed by atoms with Crippen LogP contribution in [0.3, 0.4) is 0 Å². The third-order valence-corrected chi connectivity index (χ3v) is 13.3. The molecule has 2 atom stereocenters. The number of halogens is 3. The Bertz CT molecular complexity index is 2470. The summed E-state index contributed by atoms with van der Waals surface area (Å²) in [6.07, 6.45) is 1.96. The second kappa shape index (κ2) is 17.3. The van der Waals surface area contributed by atoms with Crippen LogP contribution >= 0.6 is 0 Å². The number of amides is 3. The van der Waals surface area contributed by atoms with Crippen LogP contribution in [0.25, 0.3) is 21.9 Å². The Kier molecular flexibility index (Phi) is 11.9. The Hall–Kier alpha value is -5.45. The molecule has 0 bridgehead atoms. The van der Waals surface area contributed by atoms with Crippen molar-refractivity contribution in [3.63, 3.8) is 0 Å². The standard InChI is InChI=1S/C41H47F3N12O3S/c1-26(25-53-13-7-27(8-14-53)28-4-6-34-35(21-28)52(2)51-38(34)55-17-11-36(57)49-40(55)58)19-30-20-33(5-3-29(30)22-45)60(59)54-15-9-32(10-16-54)48-39-46-23-31-24-47-56(37(31)50-39)18-12-41(42,43)44/h3-6,20-21,23-24,26-27,32H,7-19,25H2,1-2H3,(H,46,48,50)(H,49,57,58). The maximum absolute atomic E-state index is 13.8. The Labute approximate surface area is 347 Å². The lowest BCUT2D eigenvalue weighted by Crippen LogP contribution is -2.49. The van der Waals surface area contributed by atoms with Crippen LogP contribution in [0, 0.1) is 17.2 Å². The second-order valence-corrected chi connectivity index (χ2v) is 17.6. The van der Waals surface area contributed by atoms with E-state index in [0.717, 1.165) is 48.9 Å². The number of urea groups is 1. The molecule has 6 heterocycles. The topological polar surface area (TPSA) is 170 Å². The van der Waals surface area contributed by atoms with E-state index in [0.29, 0.717) is 78.1 Å². The highest BCUT2D eigenvalue weighted by atomic mass is 32.2. The van der Waals surface area contributed by atoms with Crippen molar-refractivity contribution in [2.45, 2.75) is 81.4 Å². The van der Waals surface area contributed by atoms with E-state index in [4.69, 9.17) is 0 Å². The Morgan fingerprint density at radius 3 is 2.55 bits per heavy atom. The minimum absolute atomic E-state index is 0.00663. The first kappa shape index (κ1) is 41.3. The number of alkyl halides is 3.